The number of ether oxygens (including phenoxy) is 2. The molecule has 0 spiro atoms. The molecule has 1 fully saturated rings. The molecule has 0 atom stereocenters. The fraction of sp³-hybridized carbons (Fsp3) is 0.185. The van der Waals surface area contributed by atoms with Crippen molar-refractivity contribution in [2.45, 2.75) is 27.0 Å². The van der Waals surface area contributed by atoms with Crippen molar-refractivity contribution in [3.63, 3.8) is 0 Å². The van der Waals surface area contributed by atoms with Crippen LogP contribution in [0.4, 0.5) is 9.18 Å². The number of hydrogen-bond acceptors (Lipinski definition) is 5. The lowest BCUT2D eigenvalue weighted by Gasteiger charge is -2.15. The highest BCUT2D eigenvalue weighted by atomic mass is 35.5. The minimum Gasteiger partial charge on any atom is -0.490 e. The lowest BCUT2D eigenvalue weighted by molar-refractivity contribution is -0.123. The number of carbonyl (C=O) groups excluding carboxylic acids is 2. The van der Waals surface area contributed by atoms with Gasteiger partial charge in [-0.15, -0.1) is 0 Å². The van der Waals surface area contributed by atoms with Crippen LogP contribution in [0, 0.1) is 12.7 Å². The molecule has 0 aromatic heterocycles. The Bertz CT molecular complexity index is 1290. The molecule has 1 saturated heterocycles. The largest absolute Gasteiger partial charge is 0.490 e. The van der Waals surface area contributed by atoms with Crippen LogP contribution in [0.25, 0.3) is 6.08 Å². The van der Waals surface area contributed by atoms with Gasteiger partial charge in [-0.25, -0.2) is 4.39 Å². The van der Waals surface area contributed by atoms with E-state index in [0.717, 1.165) is 28.5 Å². The third-order valence-corrected chi connectivity index (χ3v) is 6.58. The van der Waals surface area contributed by atoms with E-state index in [1.165, 1.54) is 17.0 Å². The molecule has 0 aliphatic carbocycles. The van der Waals surface area contributed by atoms with Gasteiger partial charge in [-0.2, -0.15) is 0 Å². The van der Waals surface area contributed by atoms with E-state index in [1.54, 1.807) is 30.3 Å². The van der Waals surface area contributed by atoms with Gasteiger partial charge < -0.3 is 9.47 Å². The molecule has 0 saturated carbocycles. The summed E-state index contributed by atoms with van der Waals surface area (Å²) in [5, 5.41) is -0.0247. The summed E-state index contributed by atoms with van der Waals surface area (Å²) >= 11 is 7.39. The summed E-state index contributed by atoms with van der Waals surface area (Å²) in [5.41, 5.74) is 3.31. The summed E-state index contributed by atoms with van der Waals surface area (Å²) in [6.07, 6.45) is 1.63. The Balaban J connectivity index is 1.55. The first-order chi connectivity index (χ1) is 16.9. The summed E-state index contributed by atoms with van der Waals surface area (Å²) in [6, 6.07) is 17.0. The van der Waals surface area contributed by atoms with Crippen LogP contribution in [0.5, 0.6) is 11.5 Å². The number of rotatable bonds is 8. The fourth-order valence-electron chi connectivity index (χ4n) is 3.56. The Morgan fingerprint density at radius 3 is 2.51 bits per heavy atom. The molecular formula is C27H23ClFNO4S. The molecule has 8 heteroatoms. The molecule has 2 amide bonds. The van der Waals surface area contributed by atoms with Crippen molar-refractivity contribution in [2.75, 3.05) is 6.61 Å². The van der Waals surface area contributed by atoms with E-state index in [1.807, 2.05) is 38.1 Å². The maximum Gasteiger partial charge on any atom is 0.293 e. The SMILES string of the molecule is CCOc1cc(/C=C2\SC(=O)N(Cc3ccccc3C)C2=O)cc(Cl)c1OCc1ccc(F)cc1. The maximum atomic E-state index is 13.2. The Kier molecular flexibility index (Phi) is 7.78. The number of thioether (sulfide) groups is 1. The summed E-state index contributed by atoms with van der Waals surface area (Å²) in [7, 11) is 0. The van der Waals surface area contributed by atoms with Crippen LogP contribution in [-0.4, -0.2) is 22.7 Å². The number of aryl methyl sites for hydroxylation is 1. The lowest BCUT2D eigenvalue weighted by Crippen LogP contribution is -2.27. The van der Waals surface area contributed by atoms with Crippen molar-refractivity contribution in [3.8, 4) is 11.5 Å². The zero-order valence-electron chi connectivity index (χ0n) is 19.2. The summed E-state index contributed by atoms with van der Waals surface area (Å²) < 4.78 is 24.7. The number of nitrogens with zero attached hydrogens (tertiary/aromatic N) is 1. The van der Waals surface area contributed by atoms with Gasteiger partial charge in [0.25, 0.3) is 11.1 Å². The molecule has 0 radical (unpaired) electrons. The predicted octanol–water partition coefficient (Wildman–Crippen LogP) is 7.00. The van der Waals surface area contributed by atoms with Crippen LogP contribution in [0.3, 0.4) is 0 Å². The van der Waals surface area contributed by atoms with Gasteiger partial charge in [0.15, 0.2) is 11.5 Å². The van der Waals surface area contributed by atoms with Crippen molar-refractivity contribution < 1.29 is 23.5 Å². The summed E-state index contributed by atoms with van der Waals surface area (Å²) in [6.45, 7) is 4.55. The summed E-state index contributed by atoms with van der Waals surface area (Å²) in [4.78, 5) is 27.1. The zero-order valence-corrected chi connectivity index (χ0v) is 20.8. The number of carbonyl (C=O) groups is 2. The van der Waals surface area contributed by atoms with Crippen LogP contribution >= 0.6 is 23.4 Å². The number of hydrogen-bond donors (Lipinski definition) is 0. The van der Waals surface area contributed by atoms with E-state index in [4.69, 9.17) is 21.1 Å². The molecule has 3 aromatic rings. The van der Waals surface area contributed by atoms with Gasteiger partial charge in [0, 0.05) is 0 Å². The van der Waals surface area contributed by atoms with E-state index in [2.05, 4.69) is 0 Å². The lowest BCUT2D eigenvalue weighted by atomic mass is 10.1. The Morgan fingerprint density at radius 1 is 1.06 bits per heavy atom. The average molecular weight is 512 g/mol. The Hall–Kier alpha value is -3.29. The monoisotopic (exact) mass is 511 g/mol. The van der Waals surface area contributed by atoms with Gasteiger partial charge in [-0.1, -0.05) is 48.0 Å². The normalized spacial score (nSPS) is 14.6. The molecule has 0 N–H and O–H groups in total. The van der Waals surface area contributed by atoms with E-state index in [0.29, 0.717) is 33.6 Å². The van der Waals surface area contributed by atoms with Crippen LogP contribution < -0.4 is 9.47 Å². The zero-order chi connectivity index (χ0) is 24.9. The predicted molar refractivity (Wildman–Crippen MR) is 136 cm³/mol. The van der Waals surface area contributed by atoms with Gasteiger partial charge in [-0.3, -0.25) is 14.5 Å². The van der Waals surface area contributed by atoms with Crippen molar-refractivity contribution in [3.05, 3.63) is 98.7 Å². The van der Waals surface area contributed by atoms with Gasteiger partial charge in [0.1, 0.15) is 12.4 Å². The molecule has 35 heavy (non-hydrogen) atoms. The van der Waals surface area contributed by atoms with Crippen molar-refractivity contribution in [2.24, 2.45) is 0 Å². The number of benzene rings is 3. The molecular weight excluding hydrogens is 489 g/mol. The molecule has 1 heterocycles. The topological polar surface area (TPSA) is 55.8 Å². The number of halogens is 2. The molecule has 0 bridgehead atoms. The standard InChI is InChI=1S/C27H23ClFNO4S/c1-3-33-23-13-19(12-22(28)25(23)34-16-18-8-10-21(29)11-9-18)14-24-26(31)30(27(32)35-24)15-20-7-5-4-6-17(20)2/h4-14H,3,15-16H2,1-2H3/b24-14-. The number of amides is 2. The Morgan fingerprint density at radius 2 is 1.80 bits per heavy atom. The van der Waals surface area contributed by atoms with Gasteiger partial charge in [0.2, 0.25) is 0 Å². The van der Waals surface area contributed by atoms with Crippen molar-refractivity contribution in [1.29, 1.82) is 0 Å². The second-order valence-corrected chi connectivity index (χ2v) is 9.27. The van der Waals surface area contributed by atoms with E-state index < -0.39 is 0 Å². The Labute approximate surface area is 212 Å². The van der Waals surface area contributed by atoms with Crippen molar-refractivity contribution in [1.82, 2.24) is 4.90 Å². The molecule has 3 aromatic carbocycles. The molecule has 0 unspecified atom stereocenters. The van der Waals surface area contributed by atoms with Gasteiger partial charge >= 0.3 is 0 Å². The molecule has 1 aliphatic rings. The third kappa shape index (κ3) is 5.86. The second-order valence-electron chi connectivity index (χ2n) is 7.87. The average Bonchev–Trinajstić information content (AvgIpc) is 3.08. The first kappa shape index (κ1) is 24.8. The quantitative estimate of drug-likeness (QED) is 0.305. The van der Waals surface area contributed by atoms with Crippen LogP contribution in [-0.2, 0) is 17.9 Å². The van der Waals surface area contributed by atoms with E-state index >= 15 is 0 Å². The van der Waals surface area contributed by atoms with Gasteiger partial charge in [-0.05, 0) is 78.2 Å². The molecule has 180 valence electrons. The highest BCUT2D eigenvalue weighted by Gasteiger charge is 2.35. The molecule has 4 rings (SSSR count). The van der Waals surface area contributed by atoms with E-state index in [-0.39, 0.29) is 30.1 Å². The minimum atomic E-state index is -0.353. The highest BCUT2D eigenvalue weighted by Crippen LogP contribution is 2.40. The molecule has 5 nitrogen and oxygen atoms in total. The second kappa shape index (κ2) is 11.0. The highest BCUT2D eigenvalue weighted by molar-refractivity contribution is 8.18. The van der Waals surface area contributed by atoms with Gasteiger partial charge in [0.05, 0.1) is 23.1 Å². The first-order valence-electron chi connectivity index (χ1n) is 11.0. The first-order valence-corrected chi connectivity index (χ1v) is 12.2. The maximum absolute atomic E-state index is 13.2. The van der Waals surface area contributed by atoms with Crippen LogP contribution in [0.1, 0.15) is 29.2 Å². The fourth-order valence-corrected chi connectivity index (χ4v) is 4.67. The van der Waals surface area contributed by atoms with Crippen LogP contribution in [0.2, 0.25) is 5.02 Å². The smallest absolute Gasteiger partial charge is 0.293 e. The third-order valence-electron chi connectivity index (χ3n) is 5.39. The van der Waals surface area contributed by atoms with Crippen LogP contribution in [0.15, 0.2) is 65.6 Å². The van der Waals surface area contributed by atoms with Crippen molar-refractivity contribution >= 4 is 40.6 Å². The summed E-state index contributed by atoms with van der Waals surface area (Å²) in [5.74, 6) is 0.0820. The van der Waals surface area contributed by atoms with E-state index in [9.17, 15) is 14.0 Å². The molecule has 1 aliphatic heterocycles. The minimum absolute atomic E-state index is 0.178. The number of imide groups is 1.